The zero-order chi connectivity index (χ0) is 19.6. The summed E-state index contributed by atoms with van der Waals surface area (Å²) in [4.78, 5) is 37.4. The third-order valence-electron chi connectivity index (χ3n) is 4.87. The Labute approximate surface area is 157 Å². The van der Waals surface area contributed by atoms with Crippen LogP contribution in [0.15, 0.2) is 42.5 Å². The second-order valence-corrected chi connectivity index (χ2v) is 6.74. The van der Waals surface area contributed by atoms with E-state index in [0.29, 0.717) is 18.5 Å². The summed E-state index contributed by atoms with van der Waals surface area (Å²) in [5, 5.41) is 12.1. The van der Waals surface area contributed by atoms with Gasteiger partial charge in [-0.1, -0.05) is 24.3 Å². The van der Waals surface area contributed by atoms with Gasteiger partial charge in [-0.05, 0) is 48.2 Å². The van der Waals surface area contributed by atoms with E-state index in [2.05, 4.69) is 5.32 Å². The van der Waals surface area contributed by atoms with Crippen LogP contribution in [0.3, 0.4) is 0 Å². The number of carbonyl (C=O) groups is 3. The van der Waals surface area contributed by atoms with Gasteiger partial charge in [0.15, 0.2) is 0 Å². The first-order chi connectivity index (χ1) is 12.9. The Balaban J connectivity index is 1.83. The fourth-order valence-corrected chi connectivity index (χ4v) is 3.50. The highest BCUT2D eigenvalue weighted by Crippen LogP contribution is 2.29. The summed E-state index contributed by atoms with van der Waals surface area (Å²) in [5.41, 5.74) is 3.96. The Hall–Kier alpha value is -3.15. The first kappa shape index (κ1) is 18.6. The maximum atomic E-state index is 12.8. The van der Waals surface area contributed by atoms with Crippen molar-refractivity contribution in [2.45, 2.75) is 32.7 Å². The second kappa shape index (κ2) is 7.61. The van der Waals surface area contributed by atoms with E-state index in [1.807, 2.05) is 31.2 Å². The van der Waals surface area contributed by atoms with Crippen LogP contribution in [-0.4, -0.2) is 29.4 Å². The lowest BCUT2D eigenvalue weighted by Crippen LogP contribution is -2.30. The zero-order valence-corrected chi connectivity index (χ0v) is 15.4. The molecule has 1 atom stereocenters. The number of rotatable bonds is 5. The van der Waals surface area contributed by atoms with E-state index in [1.165, 1.54) is 6.92 Å². The van der Waals surface area contributed by atoms with Crippen LogP contribution in [0.1, 0.15) is 46.4 Å². The van der Waals surface area contributed by atoms with Crippen LogP contribution in [0.25, 0.3) is 0 Å². The summed E-state index contributed by atoms with van der Waals surface area (Å²) in [7, 11) is 0. The molecule has 0 saturated carbocycles. The van der Waals surface area contributed by atoms with Crippen molar-refractivity contribution in [3.8, 4) is 0 Å². The molecule has 1 unspecified atom stereocenters. The molecule has 1 aliphatic rings. The molecule has 0 aromatic heterocycles. The highest BCUT2D eigenvalue weighted by atomic mass is 16.4. The van der Waals surface area contributed by atoms with Gasteiger partial charge in [-0.2, -0.15) is 0 Å². The molecule has 140 valence electrons. The monoisotopic (exact) mass is 366 g/mol. The van der Waals surface area contributed by atoms with E-state index in [4.69, 9.17) is 0 Å². The highest BCUT2D eigenvalue weighted by molar-refractivity contribution is 5.98. The fraction of sp³-hybridized carbons (Fsp3) is 0.286. The normalized spacial score (nSPS) is 13.8. The molecule has 2 aromatic rings. The van der Waals surface area contributed by atoms with Crippen molar-refractivity contribution >= 4 is 23.5 Å². The van der Waals surface area contributed by atoms with Gasteiger partial charge in [0.2, 0.25) is 5.91 Å². The van der Waals surface area contributed by atoms with Gasteiger partial charge in [0, 0.05) is 24.7 Å². The standard InChI is InChI=1S/C21H22N2O4/c1-13-5-3-4-6-17(13)18(12-20(25)26)22-21(27)16-7-8-19-15(11-16)9-10-23(19)14(2)24/h3-8,11,18H,9-10,12H2,1-2H3,(H,22,27)(H,25,26). The van der Waals surface area contributed by atoms with Gasteiger partial charge in [0.25, 0.3) is 5.91 Å². The summed E-state index contributed by atoms with van der Waals surface area (Å²) in [6.07, 6.45) is 0.506. The predicted molar refractivity (Wildman–Crippen MR) is 102 cm³/mol. The molecule has 2 N–H and O–H groups in total. The molecule has 1 heterocycles. The number of fused-ring (bicyclic) bond motifs is 1. The Bertz CT molecular complexity index is 907. The minimum absolute atomic E-state index is 0.0213. The molecule has 2 amide bonds. The number of carboxylic acid groups (broad SMARTS) is 1. The highest BCUT2D eigenvalue weighted by Gasteiger charge is 2.25. The molecular formula is C21H22N2O4. The number of nitrogens with one attached hydrogen (secondary N) is 1. The molecule has 0 bridgehead atoms. The van der Waals surface area contributed by atoms with Gasteiger partial charge in [-0.3, -0.25) is 14.4 Å². The van der Waals surface area contributed by atoms with Crippen molar-refractivity contribution in [2.75, 3.05) is 11.4 Å². The van der Waals surface area contributed by atoms with E-state index in [0.717, 1.165) is 22.4 Å². The average Bonchev–Trinajstić information content (AvgIpc) is 3.04. The number of carboxylic acids is 1. The Morgan fingerprint density at radius 3 is 2.59 bits per heavy atom. The predicted octanol–water partition coefficient (Wildman–Crippen LogP) is 2.85. The SMILES string of the molecule is CC(=O)N1CCc2cc(C(=O)NC(CC(=O)O)c3ccccc3C)ccc21. The van der Waals surface area contributed by atoms with Crippen LogP contribution in [-0.2, 0) is 16.0 Å². The smallest absolute Gasteiger partial charge is 0.305 e. The second-order valence-electron chi connectivity index (χ2n) is 6.74. The lowest BCUT2D eigenvalue weighted by molar-refractivity contribution is -0.137. The van der Waals surface area contributed by atoms with E-state index in [9.17, 15) is 19.5 Å². The van der Waals surface area contributed by atoms with Gasteiger partial charge in [-0.25, -0.2) is 0 Å². The summed E-state index contributed by atoms with van der Waals surface area (Å²) in [5.74, 6) is -1.32. The maximum absolute atomic E-state index is 12.8. The van der Waals surface area contributed by atoms with Crippen LogP contribution < -0.4 is 10.2 Å². The van der Waals surface area contributed by atoms with E-state index < -0.39 is 12.0 Å². The number of hydrogen-bond donors (Lipinski definition) is 2. The first-order valence-corrected chi connectivity index (χ1v) is 8.86. The lowest BCUT2D eigenvalue weighted by atomic mass is 9.98. The van der Waals surface area contributed by atoms with E-state index in [-0.39, 0.29) is 18.2 Å². The topological polar surface area (TPSA) is 86.7 Å². The van der Waals surface area contributed by atoms with Gasteiger partial charge in [0.1, 0.15) is 0 Å². The van der Waals surface area contributed by atoms with Crippen molar-refractivity contribution in [3.63, 3.8) is 0 Å². The van der Waals surface area contributed by atoms with Crippen LogP contribution in [0.4, 0.5) is 5.69 Å². The third-order valence-corrected chi connectivity index (χ3v) is 4.87. The molecule has 0 spiro atoms. The number of aryl methyl sites for hydroxylation is 1. The largest absolute Gasteiger partial charge is 0.481 e. The number of carbonyl (C=O) groups excluding carboxylic acids is 2. The molecule has 27 heavy (non-hydrogen) atoms. The third kappa shape index (κ3) is 4.00. The minimum Gasteiger partial charge on any atom is -0.481 e. The van der Waals surface area contributed by atoms with Crippen LogP contribution >= 0.6 is 0 Å². The number of amides is 2. The maximum Gasteiger partial charge on any atom is 0.305 e. The summed E-state index contributed by atoms with van der Waals surface area (Å²) >= 11 is 0. The molecule has 1 aliphatic heterocycles. The minimum atomic E-state index is -0.977. The molecule has 3 rings (SSSR count). The van der Waals surface area contributed by atoms with Crippen LogP contribution in [0.2, 0.25) is 0 Å². The van der Waals surface area contributed by atoms with Crippen molar-refractivity contribution in [1.82, 2.24) is 5.32 Å². The quantitative estimate of drug-likeness (QED) is 0.852. The summed E-state index contributed by atoms with van der Waals surface area (Å²) in [6.45, 7) is 4.02. The molecule has 6 heteroatoms. The zero-order valence-electron chi connectivity index (χ0n) is 15.4. The van der Waals surface area contributed by atoms with Gasteiger partial charge >= 0.3 is 5.97 Å². The summed E-state index contributed by atoms with van der Waals surface area (Å²) < 4.78 is 0. The van der Waals surface area contributed by atoms with Crippen molar-refractivity contribution in [2.24, 2.45) is 0 Å². The number of benzene rings is 2. The van der Waals surface area contributed by atoms with Crippen LogP contribution in [0, 0.1) is 6.92 Å². The van der Waals surface area contributed by atoms with Gasteiger partial charge < -0.3 is 15.3 Å². The molecule has 0 aliphatic carbocycles. The Morgan fingerprint density at radius 1 is 1.19 bits per heavy atom. The van der Waals surface area contributed by atoms with Crippen molar-refractivity contribution < 1.29 is 19.5 Å². The number of anilines is 1. The Kier molecular flexibility index (Phi) is 5.26. The van der Waals surface area contributed by atoms with Gasteiger partial charge in [-0.15, -0.1) is 0 Å². The van der Waals surface area contributed by atoms with Crippen molar-refractivity contribution in [3.05, 3.63) is 64.7 Å². The average molecular weight is 366 g/mol. The first-order valence-electron chi connectivity index (χ1n) is 8.86. The lowest BCUT2D eigenvalue weighted by Gasteiger charge is -2.20. The molecule has 0 fully saturated rings. The molecule has 2 aromatic carbocycles. The number of hydrogen-bond acceptors (Lipinski definition) is 3. The Morgan fingerprint density at radius 2 is 1.93 bits per heavy atom. The fourth-order valence-electron chi connectivity index (χ4n) is 3.50. The molecule has 6 nitrogen and oxygen atoms in total. The van der Waals surface area contributed by atoms with Gasteiger partial charge in [0.05, 0.1) is 12.5 Å². The van der Waals surface area contributed by atoms with E-state index >= 15 is 0 Å². The number of nitrogens with zero attached hydrogens (tertiary/aromatic N) is 1. The number of aliphatic carboxylic acids is 1. The molecular weight excluding hydrogens is 344 g/mol. The summed E-state index contributed by atoms with van der Waals surface area (Å²) in [6, 6.07) is 12.0. The van der Waals surface area contributed by atoms with E-state index in [1.54, 1.807) is 23.1 Å². The molecule has 0 radical (unpaired) electrons. The van der Waals surface area contributed by atoms with Crippen molar-refractivity contribution in [1.29, 1.82) is 0 Å². The molecule has 0 saturated heterocycles. The van der Waals surface area contributed by atoms with Crippen LogP contribution in [0.5, 0.6) is 0 Å².